The molecule has 0 radical (unpaired) electrons. The Balaban J connectivity index is 1.24. The average molecular weight is 723 g/mol. The Morgan fingerprint density at radius 1 is 0.943 bits per heavy atom. The number of hydrogen-bond donors (Lipinski definition) is 4. The number of H-pyrrole nitrogens is 2. The van der Waals surface area contributed by atoms with E-state index in [9.17, 15) is 19.2 Å². The van der Waals surface area contributed by atoms with Crippen LogP contribution in [-0.4, -0.2) is 86.3 Å². The average Bonchev–Trinajstić information content (AvgIpc) is 3.84. The van der Waals surface area contributed by atoms with Gasteiger partial charge >= 0.3 is 6.09 Å². The number of amides is 4. The number of aromatic amines is 2. The van der Waals surface area contributed by atoms with E-state index in [-0.39, 0.29) is 43.5 Å². The van der Waals surface area contributed by atoms with Crippen LogP contribution in [0.1, 0.15) is 64.2 Å². The van der Waals surface area contributed by atoms with Crippen LogP contribution in [0.2, 0.25) is 0 Å². The molecule has 0 spiro atoms. The van der Waals surface area contributed by atoms with Crippen molar-refractivity contribution in [1.82, 2.24) is 40.4 Å². The summed E-state index contributed by atoms with van der Waals surface area (Å²) in [5, 5.41) is 6.90. The molecule has 14 heteroatoms. The van der Waals surface area contributed by atoms with Gasteiger partial charge < -0.3 is 39.9 Å². The van der Waals surface area contributed by atoms with Crippen molar-refractivity contribution >= 4 is 46.1 Å². The first-order valence-electron chi connectivity index (χ1n) is 18.0. The summed E-state index contributed by atoms with van der Waals surface area (Å²) in [4.78, 5) is 68.1. The SMILES string of the molecule is CCC(CC)N(Cc1nc2c(ccc3cc4c(cc32)OCc2cc(-c3cnc(CN(C(=O)CNC=O)[C@@H](C)CC)[nH]3)ccc2-4)[nH]1)C(=O)CNC(=O)OC. The van der Waals surface area contributed by atoms with Gasteiger partial charge in [0.1, 0.15) is 30.5 Å². The molecule has 3 heterocycles. The van der Waals surface area contributed by atoms with Gasteiger partial charge in [-0.1, -0.05) is 39.0 Å². The van der Waals surface area contributed by atoms with Gasteiger partial charge in [-0.05, 0) is 72.5 Å². The zero-order chi connectivity index (χ0) is 37.6. The number of fused-ring (bicyclic) bond motifs is 6. The van der Waals surface area contributed by atoms with Crippen molar-refractivity contribution in [3.8, 4) is 28.1 Å². The molecule has 14 nitrogen and oxygen atoms in total. The molecule has 6 rings (SSSR count). The molecule has 1 aliphatic rings. The Labute approximate surface area is 307 Å². The normalized spacial score (nSPS) is 12.5. The van der Waals surface area contributed by atoms with Gasteiger partial charge in [0.05, 0.1) is 49.7 Å². The first-order chi connectivity index (χ1) is 25.7. The number of nitrogens with zero attached hydrogens (tertiary/aromatic N) is 4. The molecule has 2 aromatic heterocycles. The highest BCUT2D eigenvalue weighted by atomic mass is 16.5. The van der Waals surface area contributed by atoms with Gasteiger partial charge in [0.25, 0.3) is 0 Å². The van der Waals surface area contributed by atoms with Crippen LogP contribution in [0.15, 0.2) is 48.7 Å². The highest BCUT2D eigenvalue weighted by molar-refractivity contribution is 6.07. The van der Waals surface area contributed by atoms with Crippen molar-refractivity contribution in [2.45, 2.75) is 78.7 Å². The maximum Gasteiger partial charge on any atom is 0.407 e. The van der Waals surface area contributed by atoms with Crippen LogP contribution < -0.4 is 15.4 Å². The molecule has 0 saturated carbocycles. The summed E-state index contributed by atoms with van der Waals surface area (Å²) in [6.45, 7) is 8.80. The summed E-state index contributed by atoms with van der Waals surface area (Å²) in [5.41, 5.74) is 6.53. The number of methoxy groups -OCH3 is 1. The molecule has 0 saturated heterocycles. The summed E-state index contributed by atoms with van der Waals surface area (Å²) in [6, 6.07) is 14.4. The summed E-state index contributed by atoms with van der Waals surface area (Å²) in [7, 11) is 1.27. The van der Waals surface area contributed by atoms with Gasteiger partial charge in [-0.15, -0.1) is 0 Å². The molecule has 3 aromatic carbocycles. The number of alkyl carbamates (subject to hydrolysis) is 1. The lowest BCUT2D eigenvalue weighted by atomic mass is 9.92. The topological polar surface area (TPSA) is 175 Å². The summed E-state index contributed by atoms with van der Waals surface area (Å²) >= 11 is 0. The largest absolute Gasteiger partial charge is 0.488 e. The third kappa shape index (κ3) is 7.81. The van der Waals surface area contributed by atoms with Crippen LogP contribution in [0, 0.1) is 0 Å². The number of carbonyl (C=O) groups is 4. The Bertz CT molecular complexity index is 2140. The minimum absolute atomic E-state index is 0.0171. The van der Waals surface area contributed by atoms with Gasteiger partial charge in [-0.3, -0.25) is 14.4 Å². The Kier molecular flexibility index (Phi) is 11.3. The molecule has 278 valence electrons. The number of benzene rings is 3. The van der Waals surface area contributed by atoms with Crippen molar-refractivity contribution in [2.75, 3.05) is 20.2 Å². The second kappa shape index (κ2) is 16.2. The standard InChI is InChI=1S/C39H46N8O6/c1-6-23(4)46(36(49)17-40-22-48)19-34-41-16-32(44-34)25-9-11-28-26(13-25)21-53-33-15-29-24(14-30(28)33)10-12-31-38(29)45-35(43-31)20-47(27(7-2)8-3)37(50)18-42-39(51)52-5/h9-16,22-23,27H,6-8,17-21H2,1-5H3,(H,40,48)(H,41,44)(H,42,51)(H,43,45)/t23-/m0/s1. The lowest BCUT2D eigenvalue weighted by Crippen LogP contribution is -2.45. The molecule has 0 fully saturated rings. The highest BCUT2D eigenvalue weighted by Crippen LogP contribution is 2.42. The summed E-state index contributed by atoms with van der Waals surface area (Å²) < 4.78 is 11.0. The number of ether oxygens (including phenoxy) is 2. The maximum atomic E-state index is 13.2. The van der Waals surface area contributed by atoms with Crippen molar-refractivity contribution in [3.05, 3.63) is 65.9 Å². The quantitative estimate of drug-likeness (QED) is 0.104. The third-order valence-corrected chi connectivity index (χ3v) is 10.0. The van der Waals surface area contributed by atoms with Crippen LogP contribution in [0.3, 0.4) is 0 Å². The minimum atomic E-state index is -0.653. The number of nitrogens with one attached hydrogen (secondary N) is 4. The van der Waals surface area contributed by atoms with E-state index in [1.165, 1.54) is 7.11 Å². The van der Waals surface area contributed by atoms with Crippen molar-refractivity contribution in [3.63, 3.8) is 0 Å². The molecule has 0 unspecified atom stereocenters. The molecule has 0 bridgehead atoms. The molecule has 1 atom stereocenters. The number of carbonyl (C=O) groups excluding carboxylic acids is 4. The Morgan fingerprint density at radius 2 is 1.72 bits per heavy atom. The van der Waals surface area contributed by atoms with Crippen LogP contribution in [-0.2, 0) is 38.8 Å². The molecule has 4 N–H and O–H groups in total. The van der Waals surface area contributed by atoms with Crippen molar-refractivity contribution in [1.29, 1.82) is 0 Å². The van der Waals surface area contributed by atoms with E-state index in [0.717, 1.165) is 74.8 Å². The van der Waals surface area contributed by atoms with Gasteiger partial charge in [-0.2, -0.15) is 0 Å². The number of aromatic nitrogens is 4. The Morgan fingerprint density at radius 3 is 2.45 bits per heavy atom. The smallest absolute Gasteiger partial charge is 0.407 e. The zero-order valence-electron chi connectivity index (χ0n) is 30.7. The van der Waals surface area contributed by atoms with E-state index in [1.807, 2.05) is 39.8 Å². The summed E-state index contributed by atoms with van der Waals surface area (Å²) in [5.74, 6) is 1.69. The number of hydrogen-bond acceptors (Lipinski definition) is 8. The van der Waals surface area contributed by atoms with E-state index < -0.39 is 6.09 Å². The van der Waals surface area contributed by atoms with Gasteiger partial charge in [0.15, 0.2) is 0 Å². The number of rotatable bonds is 15. The maximum absolute atomic E-state index is 13.2. The lowest BCUT2D eigenvalue weighted by molar-refractivity contribution is -0.134. The summed E-state index contributed by atoms with van der Waals surface area (Å²) in [6.07, 6.45) is 3.95. The van der Waals surface area contributed by atoms with Gasteiger partial charge in [0, 0.05) is 23.0 Å². The number of imidazole rings is 2. The first-order valence-corrected chi connectivity index (χ1v) is 18.0. The van der Waals surface area contributed by atoms with Crippen molar-refractivity contribution < 1.29 is 28.7 Å². The van der Waals surface area contributed by atoms with E-state index in [1.54, 1.807) is 16.0 Å². The predicted octanol–water partition coefficient (Wildman–Crippen LogP) is 5.41. The molecule has 4 amide bonds. The van der Waals surface area contributed by atoms with Crippen LogP contribution in [0.4, 0.5) is 4.79 Å². The van der Waals surface area contributed by atoms with Crippen LogP contribution in [0.5, 0.6) is 5.75 Å². The fourth-order valence-electron chi connectivity index (χ4n) is 6.90. The van der Waals surface area contributed by atoms with E-state index in [2.05, 4.69) is 60.7 Å². The van der Waals surface area contributed by atoms with E-state index in [0.29, 0.717) is 31.2 Å². The fraction of sp³-hybridized carbons (Fsp3) is 0.385. The third-order valence-electron chi connectivity index (χ3n) is 10.0. The Hall–Kier alpha value is -5.92. The second-order valence-electron chi connectivity index (χ2n) is 13.2. The monoisotopic (exact) mass is 722 g/mol. The molecular formula is C39H46N8O6. The highest BCUT2D eigenvalue weighted by Gasteiger charge is 2.25. The zero-order valence-corrected chi connectivity index (χ0v) is 30.7. The first kappa shape index (κ1) is 36.9. The van der Waals surface area contributed by atoms with Crippen LogP contribution in [0.25, 0.3) is 44.2 Å². The second-order valence-corrected chi connectivity index (χ2v) is 13.2. The lowest BCUT2D eigenvalue weighted by Gasteiger charge is -2.30. The molecule has 0 aliphatic carbocycles. The van der Waals surface area contributed by atoms with Gasteiger partial charge in [0.2, 0.25) is 18.2 Å². The fourth-order valence-corrected chi connectivity index (χ4v) is 6.90. The van der Waals surface area contributed by atoms with Crippen LogP contribution >= 0.6 is 0 Å². The molecule has 5 aromatic rings. The van der Waals surface area contributed by atoms with E-state index in [4.69, 9.17) is 9.72 Å². The van der Waals surface area contributed by atoms with Gasteiger partial charge in [-0.25, -0.2) is 14.8 Å². The van der Waals surface area contributed by atoms with Crippen molar-refractivity contribution in [2.24, 2.45) is 0 Å². The minimum Gasteiger partial charge on any atom is -0.488 e. The molecular weight excluding hydrogens is 676 g/mol. The molecule has 53 heavy (non-hydrogen) atoms. The predicted molar refractivity (Wildman–Crippen MR) is 201 cm³/mol. The van der Waals surface area contributed by atoms with E-state index >= 15 is 0 Å². The molecule has 1 aliphatic heterocycles.